The zero-order valence-corrected chi connectivity index (χ0v) is 12.5. The van der Waals surface area contributed by atoms with E-state index in [0.29, 0.717) is 26.4 Å². The van der Waals surface area contributed by atoms with E-state index in [2.05, 4.69) is 5.32 Å². The number of piperazine rings is 1. The van der Waals surface area contributed by atoms with E-state index in [0.717, 1.165) is 25.9 Å². The Morgan fingerprint density at radius 2 is 1.89 bits per heavy atom. The topological polar surface area (TPSA) is 69.0 Å². The molecule has 1 aliphatic heterocycles. The molecule has 0 radical (unpaired) electrons. The molecule has 6 heteroatoms. The van der Waals surface area contributed by atoms with E-state index in [9.17, 15) is 0 Å². The van der Waals surface area contributed by atoms with Gasteiger partial charge in [0.2, 0.25) is 0 Å². The van der Waals surface area contributed by atoms with Gasteiger partial charge < -0.3 is 20.5 Å². The highest BCUT2D eigenvalue weighted by molar-refractivity contribution is 4.88. The van der Waals surface area contributed by atoms with Gasteiger partial charge in [0.05, 0.1) is 12.6 Å². The maximum atomic E-state index is 5.96. The van der Waals surface area contributed by atoms with Crippen molar-refractivity contribution in [3.05, 3.63) is 0 Å². The molecule has 0 aromatic carbocycles. The molecule has 0 amide bonds. The van der Waals surface area contributed by atoms with Gasteiger partial charge >= 0.3 is 0 Å². The molecule has 1 saturated heterocycles. The van der Waals surface area contributed by atoms with Crippen LogP contribution >= 0.6 is 0 Å². The fourth-order valence-corrected chi connectivity index (χ4v) is 2.52. The Labute approximate surface area is 116 Å². The van der Waals surface area contributed by atoms with Gasteiger partial charge in [-0.25, -0.2) is 0 Å². The zero-order valence-electron chi connectivity index (χ0n) is 12.5. The lowest BCUT2D eigenvalue weighted by Gasteiger charge is -2.49. The number of hydrogen-bond donors (Lipinski definition) is 2. The molecule has 1 fully saturated rings. The van der Waals surface area contributed by atoms with Crippen molar-refractivity contribution in [1.29, 1.82) is 0 Å². The lowest BCUT2D eigenvalue weighted by Crippen LogP contribution is -2.69. The highest BCUT2D eigenvalue weighted by atomic mass is 16.8. The van der Waals surface area contributed by atoms with Crippen LogP contribution in [0.1, 0.15) is 33.6 Å². The molecule has 114 valence electrons. The quantitative estimate of drug-likeness (QED) is 0.603. The molecule has 1 rings (SSSR count). The molecule has 0 aliphatic carbocycles. The Morgan fingerprint density at radius 1 is 1.21 bits per heavy atom. The number of hydroxylamine groups is 2. The van der Waals surface area contributed by atoms with Crippen LogP contribution in [0.15, 0.2) is 0 Å². The minimum absolute atomic E-state index is 0.0660. The first-order valence-electron chi connectivity index (χ1n) is 7.37. The Balaban J connectivity index is 2.89. The average molecular weight is 275 g/mol. The summed E-state index contributed by atoms with van der Waals surface area (Å²) in [6.45, 7) is 9.93. The number of nitrogens with zero attached hydrogens (tertiary/aromatic N) is 1. The fraction of sp³-hybridized carbons (Fsp3) is 1.00. The molecule has 6 nitrogen and oxygen atoms in total. The number of ether oxygens (including phenoxy) is 2. The van der Waals surface area contributed by atoms with Crippen molar-refractivity contribution in [2.45, 2.75) is 45.6 Å². The van der Waals surface area contributed by atoms with Crippen LogP contribution in [-0.2, 0) is 14.3 Å². The third-order valence-corrected chi connectivity index (χ3v) is 3.18. The van der Waals surface area contributed by atoms with Gasteiger partial charge in [0, 0.05) is 26.3 Å². The normalized spacial score (nSPS) is 23.7. The Bertz CT molecular complexity index is 233. The standard InChI is InChI=1S/C13H29N3O3/c1-4-17-13(18-5-2)12(8-7-9-14)15-10-11-16(13)19-6-3/h12,15H,4-11,14H2,1-3H3. The van der Waals surface area contributed by atoms with Crippen molar-refractivity contribution in [2.75, 3.05) is 39.5 Å². The number of hydrogen-bond acceptors (Lipinski definition) is 6. The SMILES string of the molecule is CCON1CCNC(CCCN)C1(OCC)OCC. The van der Waals surface area contributed by atoms with Crippen molar-refractivity contribution < 1.29 is 14.3 Å². The molecule has 1 heterocycles. The Morgan fingerprint density at radius 3 is 2.42 bits per heavy atom. The second kappa shape index (κ2) is 8.84. The molecule has 1 unspecified atom stereocenters. The molecular formula is C13H29N3O3. The summed E-state index contributed by atoms with van der Waals surface area (Å²) >= 11 is 0. The van der Waals surface area contributed by atoms with E-state index in [4.69, 9.17) is 20.0 Å². The summed E-state index contributed by atoms with van der Waals surface area (Å²) in [7, 11) is 0. The third kappa shape index (κ3) is 4.11. The summed E-state index contributed by atoms with van der Waals surface area (Å²) < 4.78 is 11.9. The van der Waals surface area contributed by atoms with Gasteiger partial charge in [-0.1, -0.05) is 0 Å². The minimum atomic E-state index is -0.840. The van der Waals surface area contributed by atoms with Gasteiger partial charge in [-0.15, -0.1) is 5.06 Å². The van der Waals surface area contributed by atoms with Gasteiger partial charge in [-0.3, -0.25) is 4.84 Å². The second-order valence-corrected chi connectivity index (χ2v) is 4.45. The lowest BCUT2D eigenvalue weighted by atomic mass is 10.0. The lowest BCUT2D eigenvalue weighted by molar-refractivity contribution is -0.424. The van der Waals surface area contributed by atoms with Gasteiger partial charge in [0.25, 0.3) is 5.91 Å². The summed E-state index contributed by atoms with van der Waals surface area (Å²) in [5.74, 6) is -0.840. The molecule has 0 aromatic heterocycles. The minimum Gasteiger partial charge on any atom is -0.335 e. The van der Waals surface area contributed by atoms with Crippen molar-refractivity contribution in [1.82, 2.24) is 10.4 Å². The van der Waals surface area contributed by atoms with Gasteiger partial charge in [0.1, 0.15) is 0 Å². The van der Waals surface area contributed by atoms with E-state index in [1.807, 2.05) is 25.8 Å². The first-order valence-corrected chi connectivity index (χ1v) is 7.37. The van der Waals surface area contributed by atoms with Crippen molar-refractivity contribution in [3.63, 3.8) is 0 Å². The van der Waals surface area contributed by atoms with E-state index in [1.54, 1.807) is 0 Å². The number of rotatable bonds is 9. The molecule has 1 aliphatic rings. The third-order valence-electron chi connectivity index (χ3n) is 3.18. The van der Waals surface area contributed by atoms with E-state index in [1.165, 1.54) is 0 Å². The van der Waals surface area contributed by atoms with E-state index >= 15 is 0 Å². The maximum Gasteiger partial charge on any atom is 0.268 e. The van der Waals surface area contributed by atoms with Crippen molar-refractivity contribution in [2.24, 2.45) is 5.73 Å². The van der Waals surface area contributed by atoms with E-state index < -0.39 is 5.91 Å². The van der Waals surface area contributed by atoms with Gasteiger partial charge in [-0.05, 0) is 40.2 Å². The summed E-state index contributed by atoms with van der Waals surface area (Å²) in [6, 6.07) is 0.0660. The second-order valence-electron chi connectivity index (χ2n) is 4.45. The highest BCUT2D eigenvalue weighted by Crippen LogP contribution is 2.29. The largest absolute Gasteiger partial charge is 0.335 e. The number of nitrogens with one attached hydrogen (secondary N) is 1. The van der Waals surface area contributed by atoms with Crippen LogP contribution in [0.25, 0.3) is 0 Å². The molecule has 3 N–H and O–H groups in total. The molecule has 0 bridgehead atoms. The molecule has 0 aromatic rings. The maximum absolute atomic E-state index is 5.96. The molecular weight excluding hydrogens is 246 g/mol. The van der Waals surface area contributed by atoms with Crippen LogP contribution in [0.2, 0.25) is 0 Å². The summed E-state index contributed by atoms with van der Waals surface area (Å²) in [6.07, 6.45) is 1.83. The predicted molar refractivity (Wildman–Crippen MR) is 74.4 cm³/mol. The summed E-state index contributed by atoms with van der Waals surface area (Å²) in [4.78, 5) is 5.73. The van der Waals surface area contributed by atoms with Crippen LogP contribution < -0.4 is 11.1 Å². The van der Waals surface area contributed by atoms with Crippen LogP contribution in [0.4, 0.5) is 0 Å². The smallest absolute Gasteiger partial charge is 0.268 e. The van der Waals surface area contributed by atoms with Gasteiger partial charge in [0.15, 0.2) is 0 Å². The Kier molecular flexibility index (Phi) is 7.82. The number of nitrogens with two attached hydrogens (primary N) is 1. The molecule has 19 heavy (non-hydrogen) atoms. The van der Waals surface area contributed by atoms with Crippen molar-refractivity contribution >= 4 is 0 Å². The monoisotopic (exact) mass is 275 g/mol. The molecule has 0 spiro atoms. The summed E-state index contributed by atoms with van der Waals surface area (Å²) in [5.41, 5.74) is 5.62. The Hall–Kier alpha value is -0.240. The van der Waals surface area contributed by atoms with Crippen molar-refractivity contribution in [3.8, 4) is 0 Å². The molecule has 0 saturated carbocycles. The van der Waals surface area contributed by atoms with Crippen LogP contribution in [-0.4, -0.2) is 56.5 Å². The zero-order chi connectivity index (χ0) is 14.1. The van der Waals surface area contributed by atoms with E-state index in [-0.39, 0.29) is 6.04 Å². The van der Waals surface area contributed by atoms with Crippen LogP contribution in [0, 0.1) is 0 Å². The average Bonchev–Trinajstić information content (AvgIpc) is 2.40. The van der Waals surface area contributed by atoms with Gasteiger partial charge in [-0.2, -0.15) is 0 Å². The van der Waals surface area contributed by atoms with Crippen LogP contribution in [0.3, 0.4) is 0 Å². The summed E-state index contributed by atoms with van der Waals surface area (Å²) in [5, 5.41) is 5.32. The first-order chi connectivity index (χ1) is 9.25. The molecule has 1 atom stereocenters. The highest BCUT2D eigenvalue weighted by Gasteiger charge is 2.49. The van der Waals surface area contributed by atoms with Crippen LogP contribution in [0.5, 0.6) is 0 Å². The first kappa shape index (κ1) is 16.8. The predicted octanol–water partition coefficient (Wildman–Crippen LogP) is 0.677. The fourth-order valence-electron chi connectivity index (χ4n) is 2.52.